The minimum atomic E-state index is 0.367. The van der Waals surface area contributed by atoms with Crippen molar-refractivity contribution in [1.29, 1.82) is 0 Å². The van der Waals surface area contributed by atoms with Crippen molar-refractivity contribution in [2.45, 2.75) is 20.1 Å². The first-order valence-corrected chi connectivity index (χ1v) is 6.82. The smallest absolute Gasteiger partial charge is 0.164 e. The highest BCUT2D eigenvalue weighted by molar-refractivity contribution is 5.29. The highest BCUT2D eigenvalue weighted by Gasteiger charge is 2.08. The second-order valence-corrected chi connectivity index (χ2v) is 4.66. The van der Waals surface area contributed by atoms with Gasteiger partial charge in [0.2, 0.25) is 0 Å². The lowest BCUT2D eigenvalue weighted by atomic mass is 10.3. The molecule has 0 radical (unpaired) electrons. The molecule has 0 aliphatic carbocycles. The topological polar surface area (TPSA) is 74.1 Å². The molecule has 0 unspecified atom stereocenters. The second kappa shape index (κ2) is 7.70. The molecule has 0 aliphatic rings. The van der Waals surface area contributed by atoms with Crippen LogP contribution >= 0.6 is 0 Å². The van der Waals surface area contributed by atoms with Crippen molar-refractivity contribution >= 4 is 0 Å². The summed E-state index contributed by atoms with van der Waals surface area (Å²) in [5, 5.41) is 7.29. The highest BCUT2D eigenvalue weighted by Crippen LogP contribution is 2.18. The lowest BCUT2D eigenvalue weighted by molar-refractivity contribution is 0.198. The van der Waals surface area contributed by atoms with Gasteiger partial charge in [0.15, 0.2) is 5.82 Å². The normalized spacial score (nSPS) is 10.8. The van der Waals surface area contributed by atoms with Crippen molar-refractivity contribution in [3.05, 3.63) is 35.7 Å². The van der Waals surface area contributed by atoms with Gasteiger partial charge in [-0.1, -0.05) is 0 Å². The number of methoxy groups -OCH3 is 1. The van der Waals surface area contributed by atoms with E-state index < -0.39 is 0 Å². The Labute approximate surface area is 124 Å². The lowest BCUT2D eigenvalue weighted by Gasteiger charge is -2.12. The van der Waals surface area contributed by atoms with Crippen molar-refractivity contribution in [3.8, 4) is 5.75 Å². The predicted molar refractivity (Wildman–Crippen MR) is 77.9 cm³/mol. The third-order valence-electron chi connectivity index (χ3n) is 3.01. The molecule has 2 heterocycles. The fourth-order valence-corrected chi connectivity index (χ4v) is 1.83. The molecule has 114 valence electrons. The van der Waals surface area contributed by atoms with Crippen molar-refractivity contribution in [2.75, 3.05) is 20.3 Å². The van der Waals surface area contributed by atoms with Crippen LogP contribution in [0.15, 0.2) is 18.5 Å². The number of aromatic nitrogens is 4. The molecule has 21 heavy (non-hydrogen) atoms. The van der Waals surface area contributed by atoms with Crippen LogP contribution in [0.2, 0.25) is 0 Å². The number of aryl methyl sites for hydroxylation is 2. The van der Waals surface area contributed by atoms with E-state index in [9.17, 15) is 0 Å². The molecule has 0 amide bonds. The number of ether oxygens (including phenoxy) is 2. The Kier molecular flexibility index (Phi) is 5.65. The summed E-state index contributed by atoms with van der Waals surface area (Å²) in [4.78, 5) is 8.66. The summed E-state index contributed by atoms with van der Waals surface area (Å²) < 4.78 is 12.5. The molecular weight excluding hydrogens is 270 g/mol. The van der Waals surface area contributed by atoms with Crippen LogP contribution in [0.3, 0.4) is 0 Å². The van der Waals surface area contributed by atoms with E-state index in [2.05, 4.69) is 20.4 Å². The van der Waals surface area contributed by atoms with Crippen molar-refractivity contribution in [3.63, 3.8) is 0 Å². The number of hydrogen-bond donors (Lipinski definition) is 1. The van der Waals surface area contributed by atoms with Gasteiger partial charge in [0.1, 0.15) is 18.7 Å². The maximum Gasteiger partial charge on any atom is 0.164 e. The Hall–Kier alpha value is -1.99. The molecule has 2 aromatic rings. The third-order valence-corrected chi connectivity index (χ3v) is 3.01. The fraction of sp³-hybridized carbons (Fsp3) is 0.500. The van der Waals surface area contributed by atoms with Crippen LogP contribution in [0.1, 0.15) is 17.2 Å². The first kappa shape index (κ1) is 15.4. The molecule has 0 saturated carbocycles. The van der Waals surface area contributed by atoms with E-state index in [0.717, 1.165) is 29.5 Å². The van der Waals surface area contributed by atoms with Gasteiger partial charge in [-0.2, -0.15) is 5.10 Å². The maximum atomic E-state index is 5.82. The van der Waals surface area contributed by atoms with Gasteiger partial charge < -0.3 is 14.8 Å². The maximum absolute atomic E-state index is 5.82. The van der Waals surface area contributed by atoms with Crippen LogP contribution < -0.4 is 10.1 Å². The van der Waals surface area contributed by atoms with E-state index in [4.69, 9.17) is 9.47 Å². The number of pyridine rings is 1. The first-order chi connectivity index (χ1) is 10.2. The summed E-state index contributed by atoms with van der Waals surface area (Å²) >= 11 is 0. The summed E-state index contributed by atoms with van der Waals surface area (Å²) in [7, 11) is 3.52. The summed E-state index contributed by atoms with van der Waals surface area (Å²) in [6, 6.07) is 3.87. The molecule has 2 aromatic heterocycles. The Morgan fingerprint density at radius 1 is 1.33 bits per heavy atom. The average molecular weight is 291 g/mol. The largest absolute Gasteiger partial charge is 0.484 e. The summed E-state index contributed by atoms with van der Waals surface area (Å²) in [5.41, 5.74) is 1.85. The van der Waals surface area contributed by atoms with E-state index in [0.29, 0.717) is 19.8 Å². The van der Waals surface area contributed by atoms with Crippen LogP contribution in [0.4, 0.5) is 0 Å². The number of nitrogens with zero attached hydrogens (tertiary/aromatic N) is 4. The van der Waals surface area contributed by atoms with Crippen LogP contribution in [0, 0.1) is 6.92 Å². The summed E-state index contributed by atoms with van der Waals surface area (Å²) in [6.45, 7) is 4.41. The molecule has 1 N–H and O–H groups in total. The minimum absolute atomic E-state index is 0.367. The molecule has 0 bridgehead atoms. The third kappa shape index (κ3) is 4.51. The van der Waals surface area contributed by atoms with Crippen molar-refractivity contribution in [1.82, 2.24) is 25.1 Å². The monoisotopic (exact) mass is 291 g/mol. The molecule has 0 atom stereocenters. The summed E-state index contributed by atoms with van der Waals surface area (Å²) in [6.07, 6.45) is 1.51. The highest BCUT2D eigenvalue weighted by atomic mass is 16.5. The molecule has 7 heteroatoms. The average Bonchev–Trinajstić information content (AvgIpc) is 2.88. The Morgan fingerprint density at radius 3 is 2.90 bits per heavy atom. The van der Waals surface area contributed by atoms with Gasteiger partial charge in [-0.15, -0.1) is 0 Å². The van der Waals surface area contributed by atoms with Crippen LogP contribution in [-0.2, 0) is 24.9 Å². The Bertz CT molecular complexity index is 570. The van der Waals surface area contributed by atoms with Crippen LogP contribution in [0.5, 0.6) is 5.75 Å². The molecule has 0 fully saturated rings. The minimum Gasteiger partial charge on any atom is -0.484 e. The number of nitrogens with one attached hydrogen (secondary N) is 1. The number of hydrogen-bond acceptors (Lipinski definition) is 6. The van der Waals surface area contributed by atoms with Crippen molar-refractivity contribution < 1.29 is 9.47 Å². The van der Waals surface area contributed by atoms with Gasteiger partial charge in [0, 0.05) is 32.9 Å². The Balaban J connectivity index is 1.99. The van der Waals surface area contributed by atoms with Gasteiger partial charge in [0.25, 0.3) is 0 Å². The van der Waals surface area contributed by atoms with Crippen LogP contribution in [0.25, 0.3) is 0 Å². The van der Waals surface area contributed by atoms with Gasteiger partial charge in [-0.25, -0.2) is 4.98 Å². The zero-order chi connectivity index (χ0) is 15.1. The quantitative estimate of drug-likeness (QED) is 0.726. The van der Waals surface area contributed by atoms with Gasteiger partial charge >= 0.3 is 0 Å². The van der Waals surface area contributed by atoms with E-state index >= 15 is 0 Å². The molecular formula is C14H21N5O2. The van der Waals surface area contributed by atoms with E-state index in [1.165, 1.54) is 6.33 Å². The SMILES string of the molecule is COCCNCc1nc(C)ccc1OCc1ncnn1C. The van der Waals surface area contributed by atoms with E-state index in [1.807, 2.05) is 26.1 Å². The zero-order valence-electron chi connectivity index (χ0n) is 12.7. The molecule has 0 aromatic carbocycles. The lowest BCUT2D eigenvalue weighted by Crippen LogP contribution is -2.20. The fourth-order valence-electron chi connectivity index (χ4n) is 1.83. The first-order valence-electron chi connectivity index (χ1n) is 6.82. The van der Waals surface area contributed by atoms with Crippen LogP contribution in [-0.4, -0.2) is 40.0 Å². The Morgan fingerprint density at radius 2 is 2.19 bits per heavy atom. The molecule has 0 aliphatic heterocycles. The number of rotatable bonds is 8. The molecule has 0 spiro atoms. The van der Waals surface area contributed by atoms with Gasteiger partial charge in [-0.3, -0.25) is 9.67 Å². The van der Waals surface area contributed by atoms with Gasteiger partial charge in [0.05, 0.1) is 12.3 Å². The van der Waals surface area contributed by atoms with E-state index in [-0.39, 0.29) is 0 Å². The predicted octanol–water partition coefficient (Wildman–Crippen LogP) is 0.834. The zero-order valence-corrected chi connectivity index (χ0v) is 12.7. The van der Waals surface area contributed by atoms with Crippen molar-refractivity contribution in [2.24, 2.45) is 7.05 Å². The molecule has 2 rings (SSSR count). The molecule has 7 nitrogen and oxygen atoms in total. The molecule has 0 saturated heterocycles. The standard InChI is InChI=1S/C14H21N5O2/c1-11-4-5-13(12(18-11)8-15-6-7-20-3)21-9-14-16-10-17-19(14)2/h4-5,10,15H,6-9H2,1-3H3. The van der Waals surface area contributed by atoms with E-state index in [1.54, 1.807) is 11.8 Å². The second-order valence-electron chi connectivity index (χ2n) is 4.66. The summed E-state index contributed by atoms with van der Waals surface area (Å²) in [5.74, 6) is 1.53. The van der Waals surface area contributed by atoms with Gasteiger partial charge in [-0.05, 0) is 19.1 Å².